The summed E-state index contributed by atoms with van der Waals surface area (Å²) in [6.45, 7) is -0.0335. The molecule has 0 heterocycles. The van der Waals surface area contributed by atoms with E-state index in [1.54, 1.807) is 0 Å². The van der Waals surface area contributed by atoms with Crippen LogP contribution < -0.4 is 0 Å². The molecule has 9 heteroatoms. The summed E-state index contributed by atoms with van der Waals surface area (Å²) in [7, 11) is 2.74. The predicted molar refractivity (Wildman–Crippen MR) is 73.4 cm³/mol. The van der Waals surface area contributed by atoms with Gasteiger partial charge in [-0.2, -0.15) is 0 Å². The molecule has 0 fully saturated rings. The minimum atomic E-state index is -1.92. The Hall–Kier alpha value is -1.38. The number of amides is 1. The van der Waals surface area contributed by atoms with E-state index in [2.05, 4.69) is 0 Å². The van der Waals surface area contributed by atoms with Gasteiger partial charge in [0.1, 0.15) is 5.88 Å². The number of ether oxygens (including phenoxy) is 2. The molecule has 0 aliphatic heterocycles. The van der Waals surface area contributed by atoms with E-state index in [4.69, 9.17) is 26.2 Å². The first-order chi connectivity index (χ1) is 9.85. The third-order valence-electron chi connectivity index (χ3n) is 3.01. The van der Waals surface area contributed by atoms with Crippen molar-refractivity contribution in [2.24, 2.45) is 0 Å². The van der Waals surface area contributed by atoms with Crippen molar-refractivity contribution in [3.63, 3.8) is 0 Å². The van der Waals surface area contributed by atoms with Crippen LogP contribution in [0.15, 0.2) is 0 Å². The van der Waals surface area contributed by atoms with E-state index in [0.29, 0.717) is 0 Å². The number of hydrogen-bond donors (Lipinski definition) is 2. The molecule has 2 N–H and O–H groups in total. The van der Waals surface area contributed by atoms with E-state index in [-0.39, 0.29) is 26.2 Å². The second-order valence-electron chi connectivity index (χ2n) is 4.32. The number of carbonyl (C=O) groups excluding carboxylic acids is 1. The number of alkyl halides is 1. The number of carboxylic acid groups (broad SMARTS) is 2. The molecule has 21 heavy (non-hydrogen) atoms. The number of methoxy groups -OCH3 is 2. The fourth-order valence-corrected chi connectivity index (χ4v) is 2.11. The van der Waals surface area contributed by atoms with E-state index >= 15 is 0 Å². The normalized spacial score (nSPS) is 13.5. The Bertz CT molecular complexity index is 377. The zero-order valence-corrected chi connectivity index (χ0v) is 12.8. The topological polar surface area (TPSA) is 113 Å². The zero-order chi connectivity index (χ0) is 16.5. The van der Waals surface area contributed by atoms with Crippen LogP contribution in [0.25, 0.3) is 0 Å². The molecule has 8 nitrogen and oxygen atoms in total. The highest BCUT2D eigenvalue weighted by molar-refractivity contribution is 6.27. The van der Waals surface area contributed by atoms with Gasteiger partial charge in [-0.05, 0) is 0 Å². The van der Waals surface area contributed by atoms with Gasteiger partial charge in [0.15, 0.2) is 5.54 Å². The summed E-state index contributed by atoms with van der Waals surface area (Å²) in [6, 6.07) is 0. The first kappa shape index (κ1) is 19.6. The average Bonchev–Trinajstić information content (AvgIpc) is 2.43. The van der Waals surface area contributed by atoms with Gasteiger partial charge in [0, 0.05) is 33.8 Å². The molecule has 0 aliphatic carbocycles. The number of aliphatic carboxylic acids is 2. The molecular weight excluding hydrogens is 306 g/mol. The Balaban J connectivity index is 5.65. The smallest absolute Gasteiger partial charge is 0.330 e. The quantitative estimate of drug-likeness (QED) is 0.515. The average molecular weight is 326 g/mol. The van der Waals surface area contributed by atoms with Crippen LogP contribution in [-0.2, 0) is 23.9 Å². The Morgan fingerprint density at radius 3 is 2.10 bits per heavy atom. The molecule has 0 aromatic carbocycles. The molecule has 0 aliphatic rings. The van der Waals surface area contributed by atoms with E-state index in [1.165, 1.54) is 14.2 Å². The molecule has 0 rings (SSSR count). The maximum absolute atomic E-state index is 12.0. The molecule has 0 saturated heterocycles. The van der Waals surface area contributed by atoms with Crippen molar-refractivity contribution in [1.82, 2.24) is 4.90 Å². The van der Waals surface area contributed by atoms with E-state index in [1.807, 2.05) is 0 Å². The molecule has 0 saturated carbocycles. The predicted octanol–water partition coefficient (Wildman–Crippen LogP) is 0.0348. The fourth-order valence-electron chi connectivity index (χ4n) is 1.97. The van der Waals surface area contributed by atoms with E-state index in [9.17, 15) is 19.5 Å². The summed E-state index contributed by atoms with van der Waals surface area (Å²) in [5, 5.41) is 18.5. The summed E-state index contributed by atoms with van der Waals surface area (Å²) in [6.07, 6.45) is -0.921. The Morgan fingerprint density at radius 1 is 1.14 bits per heavy atom. The van der Waals surface area contributed by atoms with Crippen LogP contribution in [0.2, 0.25) is 0 Å². The second kappa shape index (κ2) is 9.54. The van der Waals surface area contributed by atoms with Gasteiger partial charge in [0.2, 0.25) is 5.91 Å². The maximum Gasteiger partial charge on any atom is 0.330 e. The number of hydrogen-bond acceptors (Lipinski definition) is 5. The molecule has 0 aromatic rings. The largest absolute Gasteiger partial charge is 0.481 e. The van der Waals surface area contributed by atoms with Crippen molar-refractivity contribution >= 4 is 29.4 Å². The monoisotopic (exact) mass is 325 g/mol. The lowest BCUT2D eigenvalue weighted by molar-refractivity contribution is -0.165. The first-order valence-electron chi connectivity index (χ1n) is 6.15. The van der Waals surface area contributed by atoms with Crippen LogP contribution in [0.3, 0.4) is 0 Å². The summed E-state index contributed by atoms with van der Waals surface area (Å²) in [4.78, 5) is 35.7. The number of rotatable bonds is 11. The lowest BCUT2D eigenvalue weighted by Gasteiger charge is -2.39. The van der Waals surface area contributed by atoms with Crippen molar-refractivity contribution in [3.8, 4) is 0 Å². The van der Waals surface area contributed by atoms with Gasteiger partial charge in [-0.1, -0.05) is 0 Å². The summed E-state index contributed by atoms with van der Waals surface area (Å²) >= 11 is 5.50. The Labute approximate surface area is 127 Å². The van der Waals surface area contributed by atoms with Gasteiger partial charge in [0.25, 0.3) is 0 Å². The van der Waals surface area contributed by atoms with Crippen LogP contribution in [0.1, 0.15) is 12.8 Å². The summed E-state index contributed by atoms with van der Waals surface area (Å²) < 4.78 is 9.68. The molecule has 0 radical (unpaired) electrons. The van der Waals surface area contributed by atoms with Gasteiger partial charge in [-0.3, -0.25) is 9.59 Å². The summed E-state index contributed by atoms with van der Waals surface area (Å²) in [5.41, 5.74) is -1.92. The second-order valence-corrected chi connectivity index (χ2v) is 4.59. The highest BCUT2D eigenvalue weighted by Crippen LogP contribution is 2.26. The lowest BCUT2D eigenvalue weighted by Crippen LogP contribution is -2.60. The van der Waals surface area contributed by atoms with Crippen molar-refractivity contribution in [1.29, 1.82) is 0 Å². The number of carboxylic acids is 2. The van der Waals surface area contributed by atoms with E-state index in [0.717, 1.165) is 4.90 Å². The van der Waals surface area contributed by atoms with Crippen LogP contribution in [-0.4, -0.2) is 78.4 Å². The number of carbonyl (C=O) groups is 3. The third kappa shape index (κ3) is 5.49. The van der Waals surface area contributed by atoms with Crippen LogP contribution in [0, 0.1) is 0 Å². The molecule has 1 atom stereocenters. The van der Waals surface area contributed by atoms with E-state index < -0.39 is 35.7 Å². The van der Waals surface area contributed by atoms with Crippen molar-refractivity contribution < 1.29 is 34.1 Å². The highest BCUT2D eigenvalue weighted by atomic mass is 35.5. The minimum absolute atomic E-state index is 0.0153. The summed E-state index contributed by atoms with van der Waals surface area (Å²) in [5.74, 6) is -3.88. The highest BCUT2D eigenvalue weighted by Gasteiger charge is 2.47. The van der Waals surface area contributed by atoms with Gasteiger partial charge in [0.05, 0.1) is 13.0 Å². The van der Waals surface area contributed by atoms with Crippen molar-refractivity contribution in [2.75, 3.05) is 39.9 Å². The third-order valence-corrected chi connectivity index (χ3v) is 3.24. The Kier molecular flexibility index (Phi) is 8.91. The maximum atomic E-state index is 12.0. The molecular formula is C12H20ClNO7. The van der Waals surface area contributed by atoms with Crippen LogP contribution in [0.5, 0.6) is 0 Å². The zero-order valence-electron chi connectivity index (χ0n) is 12.0. The Morgan fingerprint density at radius 2 is 1.71 bits per heavy atom. The van der Waals surface area contributed by atoms with Crippen molar-refractivity contribution in [3.05, 3.63) is 0 Å². The standard InChI is InChI=1S/C12H20ClNO7/c1-20-5-3-12(11(18)19,7-10(16)17)14(4-6-21-2)9(15)8-13/h3-8H2,1-2H3,(H,16,17)(H,18,19)/t12-/m0/s1. The van der Waals surface area contributed by atoms with Crippen LogP contribution in [0.4, 0.5) is 0 Å². The first-order valence-corrected chi connectivity index (χ1v) is 6.68. The molecule has 0 aromatic heterocycles. The molecule has 0 bridgehead atoms. The molecule has 1 amide bonds. The SMILES string of the molecule is COCCN(C(=O)CCl)[C@@](CCOC)(CC(=O)O)C(=O)O. The number of halogens is 1. The minimum Gasteiger partial charge on any atom is -0.481 e. The lowest BCUT2D eigenvalue weighted by atomic mass is 9.89. The fraction of sp³-hybridized carbons (Fsp3) is 0.750. The molecule has 0 unspecified atom stereocenters. The van der Waals surface area contributed by atoms with Crippen molar-refractivity contribution in [2.45, 2.75) is 18.4 Å². The van der Waals surface area contributed by atoms with Gasteiger partial charge in [-0.25, -0.2) is 4.79 Å². The molecule has 122 valence electrons. The van der Waals surface area contributed by atoms with Gasteiger partial charge in [-0.15, -0.1) is 11.6 Å². The number of nitrogens with zero attached hydrogens (tertiary/aromatic N) is 1. The van der Waals surface area contributed by atoms with Gasteiger partial charge < -0.3 is 24.6 Å². The van der Waals surface area contributed by atoms with Crippen LogP contribution >= 0.6 is 11.6 Å². The molecule has 0 spiro atoms. The van der Waals surface area contributed by atoms with Gasteiger partial charge >= 0.3 is 11.9 Å².